The number of aliphatic carboxylic acids is 2. The van der Waals surface area contributed by atoms with E-state index in [4.69, 9.17) is 15.3 Å². The van der Waals surface area contributed by atoms with Gasteiger partial charge < -0.3 is 15.3 Å². The van der Waals surface area contributed by atoms with Gasteiger partial charge in [-0.05, 0) is 6.42 Å². The molecule has 0 amide bonds. The fourth-order valence-electron chi connectivity index (χ4n) is 1.02. The Morgan fingerprint density at radius 1 is 0.875 bits per heavy atom. The lowest BCUT2D eigenvalue weighted by atomic mass is 10.1. The zero-order chi connectivity index (χ0) is 12.8. The molecule has 0 aromatic carbocycles. The molecule has 0 aliphatic rings. The van der Waals surface area contributed by atoms with Crippen LogP contribution in [0.1, 0.15) is 51.9 Å². The topological polar surface area (TPSA) is 94.8 Å². The standard InChI is InChI=1S/C8H18O.C3H4O4/c1-2-3-4-5-6-7-8-9;4-2(5)1-3(6)7/h9H,2-8H2,1H3;1H2,(H,4,5)(H,6,7). The molecule has 0 bridgehead atoms. The molecule has 0 saturated carbocycles. The van der Waals surface area contributed by atoms with Crippen LogP contribution in [0, 0.1) is 0 Å². The highest BCUT2D eigenvalue weighted by molar-refractivity contribution is 5.88. The number of hydrogen-bond donors (Lipinski definition) is 3. The van der Waals surface area contributed by atoms with Crippen molar-refractivity contribution in [3.05, 3.63) is 0 Å². The van der Waals surface area contributed by atoms with Crippen molar-refractivity contribution in [2.24, 2.45) is 0 Å². The SMILES string of the molecule is CCCCCCCCO.O=C(O)CC(=O)O. The van der Waals surface area contributed by atoms with Gasteiger partial charge in [-0.3, -0.25) is 9.59 Å². The van der Waals surface area contributed by atoms with Gasteiger partial charge in [-0.15, -0.1) is 0 Å². The number of carbonyl (C=O) groups is 2. The smallest absolute Gasteiger partial charge is 0.314 e. The number of carboxylic acids is 2. The summed E-state index contributed by atoms with van der Waals surface area (Å²) in [6.07, 6.45) is 6.69. The Hall–Kier alpha value is -1.10. The molecule has 5 nitrogen and oxygen atoms in total. The molecular formula is C11H22O5. The van der Waals surface area contributed by atoms with E-state index in [9.17, 15) is 9.59 Å². The first-order valence-electron chi connectivity index (χ1n) is 5.59. The minimum Gasteiger partial charge on any atom is -0.481 e. The van der Waals surface area contributed by atoms with Gasteiger partial charge in [0.15, 0.2) is 0 Å². The number of aliphatic hydroxyl groups is 1. The highest BCUT2D eigenvalue weighted by atomic mass is 16.4. The van der Waals surface area contributed by atoms with Crippen molar-refractivity contribution in [2.45, 2.75) is 51.9 Å². The molecule has 0 fully saturated rings. The molecule has 0 rings (SSSR count). The Kier molecular flexibility index (Phi) is 15.0. The van der Waals surface area contributed by atoms with Crippen molar-refractivity contribution < 1.29 is 24.9 Å². The number of aliphatic hydroxyl groups excluding tert-OH is 1. The lowest BCUT2D eigenvalue weighted by Gasteiger charge is -1.95. The van der Waals surface area contributed by atoms with E-state index in [-0.39, 0.29) is 0 Å². The summed E-state index contributed by atoms with van der Waals surface area (Å²) in [7, 11) is 0. The number of hydrogen-bond acceptors (Lipinski definition) is 3. The summed E-state index contributed by atoms with van der Waals surface area (Å²) < 4.78 is 0. The van der Waals surface area contributed by atoms with E-state index in [1.54, 1.807) is 0 Å². The van der Waals surface area contributed by atoms with Crippen LogP contribution in [-0.2, 0) is 9.59 Å². The molecule has 16 heavy (non-hydrogen) atoms. The van der Waals surface area contributed by atoms with Gasteiger partial charge in [-0.2, -0.15) is 0 Å². The minimum atomic E-state index is -1.31. The fourth-order valence-corrected chi connectivity index (χ4v) is 1.02. The third-order valence-corrected chi connectivity index (χ3v) is 1.81. The first-order chi connectivity index (χ1) is 7.54. The molecule has 96 valence electrons. The summed E-state index contributed by atoms with van der Waals surface area (Å²) in [4.78, 5) is 18.9. The Balaban J connectivity index is 0. The summed E-state index contributed by atoms with van der Waals surface area (Å²) >= 11 is 0. The van der Waals surface area contributed by atoms with Crippen LogP contribution < -0.4 is 0 Å². The van der Waals surface area contributed by atoms with E-state index in [2.05, 4.69) is 6.92 Å². The van der Waals surface area contributed by atoms with Crippen molar-refractivity contribution in [3.63, 3.8) is 0 Å². The van der Waals surface area contributed by atoms with Crippen LogP contribution in [-0.4, -0.2) is 33.9 Å². The maximum absolute atomic E-state index is 9.43. The van der Waals surface area contributed by atoms with E-state index >= 15 is 0 Å². The Bertz CT molecular complexity index is 161. The number of rotatable bonds is 8. The normalized spacial score (nSPS) is 9.12. The maximum Gasteiger partial charge on any atom is 0.314 e. The zero-order valence-corrected chi connectivity index (χ0v) is 9.81. The Morgan fingerprint density at radius 2 is 1.31 bits per heavy atom. The van der Waals surface area contributed by atoms with Gasteiger partial charge in [-0.25, -0.2) is 0 Å². The van der Waals surface area contributed by atoms with Gasteiger partial charge in [-0.1, -0.05) is 39.0 Å². The van der Waals surface area contributed by atoms with Crippen molar-refractivity contribution in [1.82, 2.24) is 0 Å². The third-order valence-electron chi connectivity index (χ3n) is 1.81. The van der Waals surface area contributed by atoms with Crippen molar-refractivity contribution >= 4 is 11.9 Å². The molecule has 0 saturated heterocycles. The lowest BCUT2D eigenvalue weighted by Crippen LogP contribution is -2.03. The Labute approximate surface area is 96.1 Å². The van der Waals surface area contributed by atoms with Gasteiger partial charge in [0.05, 0.1) is 0 Å². The largest absolute Gasteiger partial charge is 0.481 e. The predicted molar refractivity (Wildman–Crippen MR) is 60.4 cm³/mol. The highest BCUT2D eigenvalue weighted by Gasteiger charge is 2.01. The molecule has 0 aliphatic heterocycles. The first kappa shape index (κ1) is 17.3. The second-order valence-corrected chi connectivity index (χ2v) is 3.46. The fraction of sp³-hybridized carbons (Fsp3) is 0.818. The van der Waals surface area contributed by atoms with Crippen molar-refractivity contribution in [2.75, 3.05) is 6.61 Å². The van der Waals surface area contributed by atoms with Gasteiger partial charge >= 0.3 is 11.9 Å². The van der Waals surface area contributed by atoms with Crippen LogP contribution in [0.2, 0.25) is 0 Å². The molecule has 5 heteroatoms. The van der Waals surface area contributed by atoms with E-state index in [0.717, 1.165) is 6.42 Å². The molecule has 0 aromatic heterocycles. The third kappa shape index (κ3) is 23.1. The minimum absolute atomic E-state index is 0.367. The van der Waals surface area contributed by atoms with Crippen LogP contribution in [0.15, 0.2) is 0 Å². The van der Waals surface area contributed by atoms with E-state index in [1.807, 2.05) is 0 Å². The van der Waals surface area contributed by atoms with Gasteiger partial charge in [0.25, 0.3) is 0 Å². The summed E-state index contributed by atoms with van der Waals surface area (Å²) in [5.74, 6) is -2.62. The van der Waals surface area contributed by atoms with Crippen LogP contribution >= 0.6 is 0 Å². The molecule has 0 spiro atoms. The molecular weight excluding hydrogens is 212 g/mol. The average molecular weight is 234 g/mol. The van der Waals surface area contributed by atoms with Crippen LogP contribution in [0.5, 0.6) is 0 Å². The predicted octanol–water partition coefficient (Wildman–Crippen LogP) is 1.88. The van der Waals surface area contributed by atoms with E-state index < -0.39 is 18.4 Å². The summed E-state index contributed by atoms with van der Waals surface area (Å²) in [6, 6.07) is 0. The molecule has 0 atom stereocenters. The Morgan fingerprint density at radius 3 is 1.62 bits per heavy atom. The quantitative estimate of drug-likeness (QED) is 0.440. The summed E-state index contributed by atoms with van der Waals surface area (Å²) in [5, 5.41) is 23.8. The second kappa shape index (κ2) is 13.9. The first-order valence-corrected chi connectivity index (χ1v) is 5.59. The van der Waals surface area contributed by atoms with Gasteiger partial charge in [0.1, 0.15) is 6.42 Å². The number of carboxylic acid groups (broad SMARTS) is 2. The molecule has 0 aliphatic carbocycles. The molecule has 0 aromatic rings. The summed E-state index contributed by atoms with van der Waals surface area (Å²) in [6.45, 7) is 2.58. The lowest BCUT2D eigenvalue weighted by molar-refractivity contribution is -0.147. The summed E-state index contributed by atoms with van der Waals surface area (Å²) in [5.41, 5.74) is 0. The van der Waals surface area contributed by atoms with Gasteiger partial charge in [0, 0.05) is 6.61 Å². The van der Waals surface area contributed by atoms with Crippen molar-refractivity contribution in [3.8, 4) is 0 Å². The molecule has 0 heterocycles. The zero-order valence-electron chi connectivity index (χ0n) is 9.81. The number of unbranched alkanes of at least 4 members (excludes halogenated alkanes) is 5. The highest BCUT2D eigenvalue weighted by Crippen LogP contribution is 2.03. The maximum atomic E-state index is 9.43. The molecule has 3 N–H and O–H groups in total. The van der Waals surface area contributed by atoms with Crippen LogP contribution in [0.4, 0.5) is 0 Å². The van der Waals surface area contributed by atoms with Crippen LogP contribution in [0.3, 0.4) is 0 Å². The van der Waals surface area contributed by atoms with Gasteiger partial charge in [0.2, 0.25) is 0 Å². The van der Waals surface area contributed by atoms with Crippen molar-refractivity contribution in [1.29, 1.82) is 0 Å². The molecule has 0 unspecified atom stereocenters. The van der Waals surface area contributed by atoms with Crippen LogP contribution in [0.25, 0.3) is 0 Å². The van der Waals surface area contributed by atoms with E-state index in [1.165, 1.54) is 32.1 Å². The second-order valence-electron chi connectivity index (χ2n) is 3.46. The average Bonchev–Trinajstić information content (AvgIpc) is 2.16. The monoisotopic (exact) mass is 234 g/mol. The molecule has 0 radical (unpaired) electrons. The van der Waals surface area contributed by atoms with E-state index in [0.29, 0.717) is 6.61 Å².